The lowest BCUT2D eigenvalue weighted by atomic mass is 9.98. The molecular weight excluding hydrogens is 230 g/mol. The molecule has 2 atom stereocenters. The van der Waals surface area contributed by atoms with Gasteiger partial charge >= 0.3 is 0 Å². The van der Waals surface area contributed by atoms with E-state index in [0.717, 1.165) is 27.7 Å². The number of thioether (sulfide) groups is 1. The maximum absolute atomic E-state index is 6.19. The monoisotopic (exact) mass is 243 g/mol. The van der Waals surface area contributed by atoms with Crippen molar-refractivity contribution < 1.29 is 4.74 Å². The van der Waals surface area contributed by atoms with Gasteiger partial charge in [0.25, 0.3) is 0 Å². The highest BCUT2D eigenvalue weighted by molar-refractivity contribution is 7.99. The summed E-state index contributed by atoms with van der Waals surface area (Å²) >= 11 is 8.03. The number of hydrogen-bond acceptors (Lipinski definition) is 3. The molecule has 82 valence electrons. The van der Waals surface area contributed by atoms with Gasteiger partial charge in [-0.2, -0.15) is 11.8 Å². The van der Waals surface area contributed by atoms with Crippen LogP contribution >= 0.6 is 23.4 Å². The Bertz CT molecular complexity index is 383. The van der Waals surface area contributed by atoms with E-state index < -0.39 is 0 Å². The quantitative estimate of drug-likeness (QED) is 0.824. The zero-order valence-corrected chi connectivity index (χ0v) is 10.4. The molecule has 0 aliphatic carbocycles. The number of hydrogen-bond donors (Lipinski definition) is 1. The fourth-order valence-electron chi connectivity index (χ4n) is 1.87. The van der Waals surface area contributed by atoms with E-state index in [2.05, 4.69) is 6.92 Å². The summed E-state index contributed by atoms with van der Waals surface area (Å²) in [4.78, 5) is 0. The van der Waals surface area contributed by atoms with Crippen LogP contribution in [0.3, 0.4) is 0 Å². The van der Waals surface area contributed by atoms with Crippen LogP contribution in [0.1, 0.15) is 24.1 Å². The molecule has 1 aromatic carbocycles. The number of rotatable bonds is 1. The average Bonchev–Trinajstić information content (AvgIpc) is 2.24. The lowest BCUT2D eigenvalue weighted by Gasteiger charge is -2.29. The van der Waals surface area contributed by atoms with Gasteiger partial charge in [0.1, 0.15) is 5.75 Å². The van der Waals surface area contributed by atoms with E-state index in [1.807, 2.05) is 23.9 Å². The summed E-state index contributed by atoms with van der Waals surface area (Å²) in [6.45, 7) is 2.13. The summed E-state index contributed by atoms with van der Waals surface area (Å²) in [6.07, 6.45) is 0. The van der Waals surface area contributed by atoms with E-state index in [-0.39, 0.29) is 6.04 Å². The largest absolute Gasteiger partial charge is 0.496 e. The fourth-order valence-corrected chi connectivity index (χ4v) is 3.24. The number of nitrogens with two attached hydrogens (primary N) is 1. The van der Waals surface area contributed by atoms with Gasteiger partial charge in [-0.1, -0.05) is 18.5 Å². The predicted molar refractivity (Wildman–Crippen MR) is 65.7 cm³/mol. The van der Waals surface area contributed by atoms with Crippen molar-refractivity contribution in [3.63, 3.8) is 0 Å². The number of benzene rings is 1. The molecule has 15 heavy (non-hydrogen) atoms. The summed E-state index contributed by atoms with van der Waals surface area (Å²) in [7, 11) is 1.68. The molecular formula is C11H14ClNOS. The summed E-state index contributed by atoms with van der Waals surface area (Å²) in [6, 6.07) is 3.77. The molecule has 0 bridgehead atoms. The molecule has 2 rings (SSSR count). The van der Waals surface area contributed by atoms with Gasteiger partial charge in [0, 0.05) is 27.6 Å². The van der Waals surface area contributed by atoms with Crippen molar-refractivity contribution >= 4 is 23.4 Å². The van der Waals surface area contributed by atoms with E-state index in [4.69, 9.17) is 22.1 Å². The first-order chi connectivity index (χ1) is 7.15. The van der Waals surface area contributed by atoms with Gasteiger partial charge in [-0.15, -0.1) is 0 Å². The second-order valence-electron chi connectivity index (χ2n) is 3.68. The van der Waals surface area contributed by atoms with Gasteiger partial charge < -0.3 is 10.5 Å². The number of fused-ring (bicyclic) bond motifs is 1. The Hall–Kier alpha value is -0.380. The fraction of sp³-hybridized carbons (Fsp3) is 0.455. The zero-order valence-electron chi connectivity index (χ0n) is 8.79. The Balaban J connectivity index is 2.56. The average molecular weight is 244 g/mol. The molecule has 1 aliphatic rings. The standard InChI is InChI=1S/C11H14ClNOS/c1-6-11(13)10-7(5-15-6)9(14-2)4-3-8(10)12/h3-4,6,11H,5,13H2,1-2H3. The minimum absolute atomic E-state index is 0.00125. The Morgan fingerprint density at radius 1 is 1.53 bits per heavy atom. The topological polar surface area (TPSA) is 35.2 Å². The van der Waals surface area contributed by atoms with Crippen LogP contribution in [-0.2, 0) is 5.75 Å². The van der Waals surface area contributed by atoms with Crippen LogP contribution in [0, 0.1) is 0 Å². The molecule has 0 saturated heterocycles. The molecule has 0 aromatic heterocycles. The van der Waals surface area contributed by atoms with Gasteiger partial charge in [0.15, 0.2) is 0 Å². The van der Waals surface area contributed by atoms with Crippen LogP contribution in [0.5, 0.6) is 5.75 Å². The maximum atomic E-state index is 6.19. The molecule has 0 spiro atoms. The third-order valence-corrected chi connectivity index (χ3v) is 4.41. The minimum atomic E-state index is 0.00125. The molecule has 2 N–H and O–H groups in total. The Morgan fingerprint density at radius 2 is 2.27 bits per heavy atom. The van der Waals surface area contributed by atoms with Crippen molar-refractivity contribution in [2.24, 2.45) is 5.73 Å². The number of ether oxygens (including phenoxy) is 1. The van der Waals surface area contributed by atoms with Crippen LogP contribution < -0.4 is 10.5 Å². The minimum Gasteiger partial charge on any atom is -0.496 e. The molecule has 0 amide bonds. The predicted octanol–water partition coefficient (Wildman–Crippen LogP) is 2.98. The lowest BCUT2D eigenvalue weighted by molar-refractivity contribution is 0.409. The highest BCUT2D eigenvalue weighted by Gasteiger charge is 2.28. The third-order valence-electron chi connectivity index (χ3n) is 2.81. The summed E-state index contributed by atoms with van der Waals surface area (Å²) in [5, 5.41) is 1.16. The molecule has 0 fully saturated rings. The smallest absolute Gasteiger partial charge is 0.123 e. The van der Waals surface area contributed by atoms with Crippen molar-refractivity contribution in [2.45, 2.75) is 24.0 Å². The van der Waals surface area contributed by atoms with Gasteiger partial charge in [-0.05, 0) is 17.7 Å². The molecule has 0 radical (unpaired) electrons. The first-order valence-electron chi connectivity index (χ1n) is 4.87. The van der Waals surface area contributed by atoms with E-state index in [0.29, 0.717) is 5.25 Å². The van der Waals surface area contributed by atoms with Crippen molar-refractivity contribution in [3.05, 3.63) is 28.3 Å². The number of methoxy groups -OCH3 is 1. The summed E-state index contributed by atoms with van der Waals surface area (Å²) in [5.74, 6) is 1.82. The van der Waals surface area contributed by atoms with E-state index in [9.17, 15) is 0 Å². The maximum Gasteiger partial charge on any atom is 0.123 e. The summed E-state index contributed by atoms with van der Waals surface area (Å²) < 4.78 is 5.32. The van der Waals surface area contributed by atoms with Gasteiger partial charge in [0.05, 0.1) is 7.11 Å². The van der Waals surface area contributed by atoms with Crippen molar-refractivity contribution in [3.8, 4) is 5.75 Å². The molecule has 2 unspecified atom stereocenters. The van der Waals surface area contributed by atoms with E-state index >= 15 is 0 Å². The normalized spacial score (nSPS) is 24.8. The highest BCUT2D eigenvalue weighted by atomic mass is 35.5. The first-order valence-corrected chi connectivity index (χ1v) is 6.30. The van der Waals surface area contributed by atoms with Gasteiger partial charge in [-0.3, -0.25) is 0 Å². The Kier molecular flexibility index (Phi) is 3.14. The molecule has 1 aromatic rings. The Morgan fingerprint density at radius 3 is 2.93 bits per heavy atom. The van der Waals surface area contributed by atoms with Crippen LogP contribution in [0.2, 0.25) is 5.02 Å². The van der Waals surface area contributed by atoms with Crippen molar-refractivity contribution in [2.75, 3.05) is 7.11 Å². The molecule has 2 nitrogen and oxygen atoms in total. The van der Waals surface area contributed by atoms with Crippen LogP contribution in [0.15, 0.2) is 12.1 Å². The lowest BCUT2D eigenvalue weighted by Crippen LogP contribution is -2.26. The van der Waals surface area contributed by atoms with Gasteiger partial charge in [-0.25, -0.2) is 0 Å². The van der Waals surface area contributed by atoms with E-state index in [1.165, 1.54) is 0 Å². The SMILES string of the molecule is COc1ccc(Cl)c2c1CSC(C)C2N. The third kappa shape index (κ3) is 1.84. The first kappa shape index (κ1) is 11.1. The molecule has 1 heterocycles. The van der Waals surface area contributed by atoms with Crippen LogP contribution in [0.25, 0.3) is 0 Å². The van der Waals surface area contributed by atoms with Crippen LogP contribution in [0.4, 0.5) is 0 Å². The van der Waals surface area contributed by atoms with Crippen molar-refractivity contribution in [1.82, 2.24) is 0 Å². The second-order valence-corrected chi connectivity index (χ2v) is 5.46. The van der Waals surface area contributed by atoms with Crippen LogP contribution in [-0.4, -0.2) is 12.4 Å². The Labute approximate surface area is 99.1 Å². The molecule has 1 aliphatic heterocycles. The second kappa shape index (κ2) is 4.24. The molecule has 0 saturated carbocycles. The zero-order chi connectivity index (χ0) is 11.0. The van der Waals surface area contributed by atoms with Gasteiger partial charge in [0.2, 0.25) is 0 Å². The van der Waals surface area contributed by atoms with E-state index in [1.54, 1.807) is 7.11 Å². The summed E-state index contributed by atoms with van der Waals surface area (Å²) in [5.41, 5.74) is 8.36. The number of halogens is 1. The van der Waals surface area contributed by atoms with Crippen molar-refractivity contribution in [1.29, 1.82) is 0 Å². The molecule has 4 heteroatoms. The highest BCUT2D eigenvalue weighted by Crippen LogP contribution is 2.43.